The first-order chi connectivity index (χ1) is 8.54. The zero-order valence-electron chi connectivity index (χ0n) is 10.4. The summed E-state index contributed by atoms with van der Waals surface area (Å²) in [4.78, 5) is 25.2. The van der Waals surface area contributed by atoms with Gasteiger partial charge in [0.05, 0.1) is 5.52 Å². The molecule has 5 nitrogen and oxygen atoms in total. The number of aromatic nitrogens is 1. The number of nitrogens with one attached hydrogen (secondary N) is 2. The standard InChI is InChI=1S/C13H16N2O3/c1-8(2)3-6-12(16)14-9-4-5-11-10(7-9)15-13(17)18-11/h4-5,7-8H,3,6H2,1-2H3,(H,14,16)(H,15,17). The minimum absolute atomic E-state index is 0.0195. The Labute approximate surface area is 104 Å². The molecule has 0 bridgehead atoms. The van der Waals surface area contributed by atoms with Crippen molar-refractivity contribution in [3.05, 3.63) is 28.7 Å². The second-order valence-corrected chi connectivity index (χ2v) is 4.71. The van der Waals surface area contributed by atoms with E-state index in [0.29, 0.717) is 29.1 Å². The number of fused-ring (bicyclic) bond motifs is 1. The van der Waals surface area contributed by atoms with Crippen molar-refractivity contribution in [1.82, 2.24) is 4.98 Å². The third kappa shape index (κ3) is 3.00. The van der Waals surface area contributed by atoms with Crippen LogP contribution in [0.15, 0.2) is 27.4 Å². The van der Waals surface area contributed by atoms with E-state index in [1.54, 1.807) is 18.2 Å². The second kappa shape index (κ2) is 5.08. The van der Waals surface area contributed by atoms with E-state index in [1.807, 2.05) is 0 Å². The minimum Gasteiger partial charge on any atom is -0.408 e. The Morgan fingerprint density at radius 2 is 2.22 bits per heavy atom. The van der Waals surface area contributed by atoms with Crippen LogP contribution in [-0.2, 0) is 4.79 Å². The lowest BCUT2D eigenvalue weighted by Crippen LogP contribution is -2.12. The quantitative estimate of drug-likeness (QED) is 0.872. The molecule has 5 heteroatoms. The highest BCUT2D eigenvalue weighted by Gasteiger charge is 2.06. The lowest BCUT2D eigenvalue weighted by molar-refractivity contribution is -0.116. The Balaban J connectivity index is 2.07. The number of hydrogen-bond donors (Lipinski definition) is 2. The largest absolute Gasteiger partial charge is 0.417 e. The average Bonchev–Trinajstić information content (AvgIpc) is 2.66. The number of carbonyl (C=O) groups is 1. The van der Waals surface area contributed by atoms with E-state index in [0.717, 1.165) is 6.42 Å². The Hall–Kier alpha value is -2.04. The van der Waals surface area contributed by atoms with Crippen LogP contribution in [0.4, 0.5) is 5.69 Å². The number of H-pyrrole nitrogens is 1. The van der Waals surface area contributed by atoms with Gasteiger partial charge in [0, 0.05) is 12.1 Å². The van der Waals surface area contributed by atoms with E-state index in [4.69, 9.17) is 4.42 Å². The van der Waals surface area contributed by atoms with Gasteiger partial charge in [0.2, 0.25) is 5.91 Å². The fourth-order valence-electron chi connectivity index (χ4n) is 1.67. The van der Waals surface area contributed by atoms with Gasteiger partial charge < -0.3 is 9.73 Å². The maximum Gasteiger partial charge on any atom is 0.417 e. The van der Waals surface area contributed by atoms with E-state index >= 15 is 0 Å². The number of hydrogen-bond acceptors (Lipinski definition) is 3. The van der Waals surface area contributed by atoms with Crippen molar-refractivity contribution in [3.8, 4) is 0 Å². The molecule has 2 rings (SSSR count). The SMILES string of the molecule is CC(C)CCC(=O)Nc1ccc2oc(=O)[nH]c2c1. The van der Waals surface area contributed by atoms with E-state index in [2.05, 4.69) is 24.1 Å². The molecule has 1 heterocycles. The van der Waals surface area contributed by atoms with Crippen molar-refractivity contribution < 1.29 is 9.21 Å². The van der Waals surface area contributed by atoms with Crippen LogP contribution in [0.3, 0.4) is 0 Å². The Morgan fingerprint density at radius 1 is 1.44 bits per heavy atom. The van der Waals surface area contributed by atoms with Crippen molar-refractivity contribution in [2.24, 2.45) is 5.92 Å². The summed E-state index contributed by atoms with van der Waals surface area (Å²) in [6, 6.07) is 5.06. The normalized spacial score (nSPS) is 11.1. The summed E-state index contributed by atoms with van der Waals surface area (Å²) in [5, 5.41) is 2.80. The number of amides is 1. The van der Waals surface area contributed by atoms with Crippen molar-refractivity contribution in [3.63, 3.8) is 0 Å². The van der Waals surface area contributed by atoms with Gasteiger partial charge >= 0.3 is 5.76 Å². The topological polar surface area (TPSA) is 75.1 Å². The first kappa shape index (κ1) is 12.4. The van der Waals surface area contributed by atoms with Gasteiger partial charge in [0.15, 0.2) is 5.58 Å². The molecule has 1 aromatic heterocycles. The van der Waals surface area contributed by atoms with Crippen LogP contribution < -0.4 is 11.1 Å². The third-order valence-corrected chi connectivity index (χ3v) is 2.65. The van der Waals surface area contributed by atoms with Crippen molar-refractivity contribution in [1.29, 1.82) is 0 Å². The minimum atomic E-state index is -0.492. The fourth-order valence-corrected chi connectivity index (χ4v) is 1.67. The van der Waals surface area contributed by atoms with Gasteiger partial charge in [-0.05, 0) is 30.5 Å². The van der Waals surface area contributed by atoms with Gasteiger partial charge in [-0.1, -0.05) is 13.8 Å². The molecule has 1 amide bonds. The maximum atomic E-state index is 11.7. The van der Waals surface area contributed by atoms with Crippen molar-refractivity contribution in [2.45, 2.75) is 26.7 Å². The monoisotopic (exact) mass is 248 g/mol. The van der Waals surface area contributed by atoms with E-state index in [-0.39, 0.29) is 5.91 Å². The molecule has 0 fully saturated rings. The van der Waals surface area contributed by atoms with Crippen molar-refractivity contribution >= 4 is 22.7 Å². The fraction of sp³-hybridized carbons (Fsp3) is 0.385. The molecule has 0 saturated heterocycles. The number of rotatable bonds is 4. The van der Waals surface area contributed by atoms with Crippen LogP contribution in [0, 0.1) is 5.92 Å². The molecule has 0 aliphatic carbocycles. The average molecular weight is 248 g/mol. The molecule has 1 aromatic carbocycles. The lowest BCUT2D eigenvalue weighted by Gasteiger charge is -2.06. The highest BCUT2D eigenvalue weighted by Crippen LogP contribution is 2.16. The predicted octanol–water partition coefficient (Wildman–Crippen LogP) is 2.50. The third-order valence-electron chi connectivity index (χ3n) is 2.65. The zero-order valence-corrected chi connectivity index (χ0v) is 10.4. The molecule has 0 aliphatic rings. The van der Waals surface area contributed by atoms with Crippen LogP contribution in [0.25, 0.3) is 11.1 Å². The van der Waals surface area contributed by atoms with Crippen LogP contribution >= 0.6 is 0 Å². The Kier molecular flexibility index (Phi) is 3.50. The molecule has 0 aliphatic heterocycles. The molecule has 96 valence electrons. The lowest BCUT2D eigenvalue weighted by atomic mass is 10.1. The maximum absolute atomic E-state index is 11.7. The van der Waals surface area contributed by atoms with Crippen molar-refractivity contribution in [2.75, 3.05) is 5.32 Å². The summed E-state index contributed by atoms with van der Waals surface area (Å²) in [5.74, 6) is -0.00867. The molecule has 2 aromatic rings. The Bertz CT molecular complexity index is 610. The highest BCUT2D eigenvalue weighted by atomic mass is 16.4. The molecular formula is C13H16N2O3. The first-order valence-corrected chi connectivity index (χ1v) is 5.97. The molecule has 2 N–H and O–H groups in total. The van der Waals surface area contributed by atoms with E-state index < -0.39 is 5.76 Å². The molecule has 0 radical (unpaired) electrons. The number of benzene rings is 1. The number of anilines is 1. The van der Waals surface area contributed by atoms with Crippen LogP contribution in [0.2, 0.25) is 0 Å². The summed E-state index contributed by atoms with van der Waals surface area (Å²) >= 11 is 0. The van der Waals surface area contributed by atoms with Crippen LogP contribution in [0.1, 0.15) is 26.7 Å². The second-order valence-electron chi connectivity index (χ2n) is 4.71. The van der Waals surface area contributed by atoms with Gasteiger partial charge in [-0.3, -0.25) is 9.78 Å². The first-order valence-electron chi connectivity index (χ1n) is 5.97. The van der Waals surface area contributed by atoms with Gasteiger partial charge in [0.25, 0.3) is 0 Å². The summed E-state index contributed by atoms with van der Waals surface area (Å²) in [5.41, 5.74) is 1.73. The Morgan fingerprint density at radius 3 is 2.94 bits per heavy atom. The summed E-state index contributed by atoms with van der Waals surface area (Å²) in [6.45, 7) is 4.16. The highest BCUT2D eigenvalue weighted by molar-refractivity contribution is 5.92. The number of aromatic amines is 1. The molecule has 0 spiro atoms. The summed E-state index contributed by atoms with van der Waals surface area (Å²) < 4.78 is 4.88. The molecule has 0 unspecified atom stereocenters. The van der Waals surface area contributed by atoms with Gasteiger partial charge in [-0.15, -0.1) is 0 Å². The van der Waals surface area contributed by atoms with Gasteiger partial charge in [-0.2, -0.15) is 0 Å². The van der Waals surface area contributed by atoms with E-state index in [1.165, 1.54) is 0 Å². The van der Waals surface area contributed by atoms with Gasteiger partial charge in [0.1, 0.15) is 0 Å². The van der Waals surface area contributed by atoms with Crippen LogP contribution in [-0.4, -0.2) is 10.9 Å². The number of carbonyl (C=O) groups excluding carboxylic acids is 1. The van der Waals surface area contributed by atoms with Crippen LogP contribution in [0.5, 0.6) is 0 Å². The molecular weight excluding hydrogens is 232 g/mol. The molecule has 18 heavy (non-hydrogen) atoms. The molecule has 0 atom stereocenters. The summed E-state index contributed by atoms with van der Waals surface area (Å²) in [7, 11) is 0. The smallest absolute Gasteiger partial charge is 0.408 e. The van der Waals surface area contributed by atoms with Gasteiger partial charge in [-0.25, -0.2) is 4.79 Å². The summed E-state index contributed by atoms with van der Waals surface area (Å²) in [6.07, 6.45) is 1.36. The predicted molar refractivity (Wildman–Crippen MR) is 69.5 cm³/mol. The zero-order chi connectivity index (χ0) is 13.1. The van der Waals surface area contributed by atoms with E-state index in [9.17, 15) is 9.59 Å². The number of oxazole rings is 1. The molecule has 0 saturated carbocycles.